The summed E-state index contributed by atoms with van der Waals surface area (Å²) in [7, 11) is 0. The molecule has 5 N–H and O–H groups in total. The zero-order valence-corrected chi connectivity index (χ0v) is 81.8. The van der Waals surface area contributed by atoms with Crippen molar-refractivity contribution in [2.24, 2.45) is 22.7 Å². The molecule has 0 radical (unpaired) electrons. The van der Waals surface area contributed by atoms with Crippen LogP contribution in [0.4, 0.5) is 5.69 Å². The van der Waals surface area contributed by atoms with Crippen LogP contribution in [0.15, 0.2) is 223 Å². The zero-order valence-electron chi connectivity index (χ0n) is 81.8. The van der Waals surface area contributed by atoms with Gasteiger partial charge in [0.2, 0.25) is 47.3 Å². The third-order valence-electron chi connectivity index (χ3n) is 30.5. The van der Waals surface area contributed by atoms with E-state index in [0.717, 1.165) is 110 Å². The maximum atomic E-state index is 13.0. The van der Waals surface area contributed by atoms with Crippen molar-refractivity contribution < 1.29 is 76.5 Å². The lowest BCUT2D eigenvalue weighted by molar-refractivity contribution is -0.138. The number of imidazole rings is 1. The summed E-state index contributed by atoms with van der Waals surface area (Å²) in [5.74, 6) is 2.80. The van der Waals surface area contributed by atoms with Crippen LogP contribution in [0.1, 0.15) is 236 Å². The molecule has 1 aliphatic carbocycles. The lowest BCUT2D eigenvalue weighted by atomic mass is 9.82. The minimum atomic E-state index is -0.644. The molecule has 12 amide bonds. The standard InChI is InChI=1S/C30H27N3O4.C29H33N3O4.C29H35N3O4.C28H24N4O4/c1-18-21-5-2-3-7-24(21)31-25(18)15-19-9-11-20(12-10-19)17-37-27-8-4-6-22-23(27)16-33(30(22)36)26-13-14-28(34)32-29(26)35;33-27-13-12-25(28(34)30-27)32-17-24-23(29(32)35)6-3-7-26(24)36-18-20-10-8-19(9-11-20)14-31-15-21-4-1-2-5-22(21)16-31;1-19(2)31-14-12-21(13-15-31)16-20-6-8-22(9-7-20)18-36-26-5-3-4-23-24(26)17-32(29(23)35)25-10-11-27(33)30-28(25)34;33-26-13-12-23(27(34)31-26)32-15-20-19(28(32)35)4-3-7-24(20)36-16-18-10-8-17(9-11-18)14-25-29-21-5-1-2-6-22(21)30-25/h2-12,18,26H,13-17H2,1H3,(H,32,34,35);3,6-11,21-22,25H,1-2,4-5,12-18H2,(H,30,33,34);3-9,19,21,25H,10-18H2,1-2H3,(H,30,33,34);1-11,23H,12-16H2,(H,29,30)(H,31,33,34)/t;21-,22+,25?;;. The molecule has 12 heterocycles. The van der Waals surface area contributed by atoms with E-state index < -0.39 is 47.8 Å². The van der Waals surface area contributed by atoms with Gasteiger partial charge < -0.3 is 48.4 Å². The van der Waals surface area contributed by atoms with Gasteiger partial charge in [-0.05, 0) is 219 Å². The first kappa shape index (κ1) is 97.3. The number of ether oxygens (including phenoxy) is 4. The number of nitrogens with one attached hydrogen (secondary N) is 5. The predicted octanol–water partition coefficient (Wildman–Crippen LogP) is 15.3. The zero-order chi connectivity index (χ0) is 100. The molecule has 1 saturated carbocycles. The van der Waals surface area contributed by atoms with E-state index >= 15 is 0 Å². The Morgan fingerprint density at radius 1 is 0.366 bits per heavy atom. The summed E-state index contributed by atoms with van der Waals surface area (Å²) >= 11 is 0. The highest BCUT2D eigenvalue weighted by molar-refractivity contribution is 6.09. The number of aromatic amines is 1. The van der Waals surface area contributed by atoms with Crippen molar-refractivity contribution in [2.75, 3.05) is 26.2 Å². The largest absolute Gasteiger partial charge is 0.489 e. The van der Waals surface area contributed by atoms with Gasteiger partial charge in [0.25, 0.3) is 23.6 Å². The molecule has 11 aliphatic heterocycles. The van der Waals surface area contributed by atoms with Crippen molar-refractivity contribution in [3.05, 3.63) is 319 Å². The van der Waals surface area contributed by atoms with Crippen LogP contribution in [0.25, 0.3) is 11.0 Å². The van der Waals surface area contributed by atoms with Gasteiger partial charge in [-0.3, -0.25) is 88.7 Å². The highest BCUT2D eigenvalue weighted by atomic mass is 16.5. The van der Waals surface area contributed by atoms with E-state index in [1.807, 2.05) is 78.9 Å². The number of rotatable bonds is 25. The number of imide groups is 4. The second kappa shape index (κ2) is 43.2. The average molecular weight is 1950 g/mol. The first-order chi connectivity index (χ1) is 70.5. The number of piperidine rings is 5. The molecular weight excluding hydrogens is 1830 g/mol. The molecule has 10 aromatic carbocycles. The molecule has 145 heavy (non-hydrogen) atoms. The Morgan fingerprint density at radius 3 is 1.09 bits per heavy atom. The third-order valence-corrected chi connectivity index (χ3v) is 30.5. The van der Waals surface area contributed by atoms with E-state index in [4.69, 9.17) is 23.9 Å². The number of hydrogen-bond acceptors (Lipinski definition) is 20. The maximum absolute atomic E-state index is 13.0. The number of carbonyl (C=O) groups is 12. The van der Waals surface area contributed by atoms with E-state index in [0.29, 0.717) is 129 Å². The van der Waals surface area contributed by atoms with E-state index in [-0.39, 0.29) is 86.0 Å². The normalized spacial score (nSPS) is 21.2. The predicted molar refractivity (Wildman–Crippen MR) is 541 cm³/mol. The Labute approximate surface area is 841 Å². The third kappa shape index (κ3) is 21.9. The van der Waals surface area contributed by atoms with Crippen molar-refractivity contribution in [1.29, 1.82) is 0 Å². The van der Waals surface area contributed by atoms with E-state index in [1.54, 1.807) is 51.1 Å². The molecule has 7 atom stereocenters. The number of benzene rings is 10. The molecule has 0 bridgehead atoms. The second-order valence-corrected chi connectivity index (χ2v) is 40.4. The maximum Gasteiger partial charge on any atom is 0.255 e. The van der Waals surface area contributed by atoms with E-state index in [9.17, 15) is 57.5 Å². The Kier molecular flexibility index (Phi) is 29.0. The Balaban J connectivity index is 0.000000118. The molecule has 29 heteroatoms. The van der Waals surface area contributed by atoms with Crippen LogP contribution >= 0.6 is 0 Å². The minimum absolute atomic E-state index is 0.184. The summed E-state index contributed by atoms with van der Waals surface area (Å²) in [6, 6.07) is 70.0. The molecule has 0 spiro atoms. The fourth-order valence-electron chi connectivity index (χ4n) is 22.4. The van der Waals surface area contributed by atoms with Crippen LogP contribution in [-0.2, 0) is 117 Å². The molecule has 744 valence electrons. The number of aliphatic imine (C=N–C) groups is 1. The molecule has 7 fully saturated rings. The number of aromatic nitrogens is 2. The minimum Gasteiger partial charge on any atom is -0.489 e. The van der Waals surface area contributed by atoms with Crippen LogP contribution < -0.4 is 40.2 Å². The Hall–Kier alpha value is -15.1. The van der Waals surface area contributed by atoms with Gasteiger partial charge in [-0.25, -0.2) is 4.98 Å². The number of amides is 12. The van der Waals surface area contributed by atoms with Crippen molar-refractivity contribution in [3.8, 4) is 23.0 Å². The summed E-state index contributed by atoms with van der Waals surface area (Å²) in [6.45, 7) is 15.4. The van der Waals surface area contributed by atoms with Gasteiger partial charge in [0.15, 0.2) is 0 Å². The molecular formula is C116H119N13O16. The number of hydrogen-bond donors (Lipinski definition) is 5. The topological polar surface area (TPSA) is 350 Å². The highest BCUT2D eigenvalue weighted by Crippen LogP contribution is 2.43. The van der Waals surface area contributed by atoms with Gasteiger partial charge in [-0.1, -0.05) is 171 Å². The van der Waals surface area contributed by atoms with Crippen molar-refractivity contribution in [1.82, 2.24) is 60.6 Å². The van der Waals surface area contributed by atoms with Crippen LogP contribution in [-0.4, -0.2) is 172 Å². The van der Waals surface area contributed by atoms with Gasteiger partial charge in [-0.2, -0.15) is 0 Å². The fourth-order valence-corrected chi connectivity index (χ4v) is 22.4. The lowest BCUT2D eigenvalue weighted by Gasteiger charge is -2.34. The molecule has 5 unspecified atom stereocenters. The highest BCUT2D eigenvalue weighted by Gasteiger charge is 2.46. The molecule has 29 nitrogen and oxygen atoms in total. The lowest BCUT2D eigenvalue weighted by Crippen LogP contribution is -2.52. The monoisotopic (exact) mass is 1950 g/mol. The van der Waals surface area contributed by atoms with Gasteiger partial charge in [-0.15, -0.1) is 0 Å². The van der Waals surface area contributed by atoms with Crippen LogP contribution in [0.5, 0.6) is 23.0 Å². The number of para-hydroxylation sites is 3. The quantitative estimate of drug-likeness (QED) is 0.0332. The van der Waals surface area contributed by atoms with Crippen molar-refractivity contribution in [3.63, 3.8) is 0 Å². The van der Waals surface area contributed by atoms with Gasteiger partial charge in [0, 0.05) is 120 Å². The van der Waals surface area contributed by atoms with Crippen LogP contribution in [0, 0.1) is 17.8 Å². The van der Waals surface area contributed by atoms with Gasteiger partial charge in [0.05, 0.1) is 42.9 Å². The van der Waals surface area contributed by atoms with Gasteiger partial charge in [0.1, 0.15) is 79.4 Å². The van der Waals surface area contributed by atoms with Crippen molar-refractivity contribution in [2.45, 2.75) is 225 Å². The smallest absolute Gasteiger partial charge is 0.255 e. The summed E-state index contributed by atoms with van der Waals surface area (Å²) in [6.07, 6.45) is 13.1. The molecule has 12 aliphatic rings. The molecule has 23 rings (SSSR count). The second-order valence-electron chi connectivity index (χ2n) is 40.4. The molecule has 6 saturated heterocycles. The SMILES string of the molecule is CC(C)N1CCC(Cc2ccc(COc3cccc4c3CN(C3CCC(=O)NC3=O)C4=O)cc2)CC1.CC1C(Cc2ccc(COc3cccc4c3CN(C3CCC(=O)NC3=O)C4=O)cc2)=Nc2ccccc21.O=C1CCC(N2Cc3c(OCc4ccc(CN5C[C@H]6CCCC[C@H]6C5)cc4)cccc3C2=O)C(=O)N1.O=C1CCC(N2Cc3c(OCc4ccc(Cc5nc6ccccc6[nH]5)cc4)cccc3C2=O)C(=O)N1. The Morgan fingerprint density at radius 2 is 0.717 bits per heavy atom. The first-order valence-electron chi connectivity index (χ1n) is 50.9. The van der Waals surface area contributed by atoms with Crippen LogP contribution in [0.2, 0.25) is 0 Å². The molecule has 1 aromatic heterocycles. The number of nitrogens with zero attached hydrogens (tertiary/aromatic N) is 8. The number of likely N-dealkylation sites (tertiary alicyclic amines) is 2. The number of H-pyrrole nitrogens is 1. The Bertz CT molecular complexity index is 6820. The van der Waals surface area contributed by atoms with Gasteiger partial charge >= 0.3 is 0 Å². The molecule has 11 aromatic rings. The summed E-state index contributed by atoms with van der Waals surface area (Å²) < 4.78 is 24.6. The fraction of sp³-hybridized carbons (Fsp3) is 0.362. The average Bonchev–Trinajstić information content (AvgIpc) is 1.63. The van der Waals surface area contributed by atoms with E-state index in [2.05, 4.69) is 165 Å². The summed E-state index contributed by atoms with van der Waals surface area (Å²) in [5.41, 5.74) is 20.1. The van der Waals surface area contributed by atoms with Crippen molar-refractivity contribution >= 4 is 93.3 Å². The van der Waals surface area contributed by atoms with Crippen LogP contribution in [0.3, 0.4) is 0 Å². The summed E-state index contributed by atoms with van der Waals surface area (Å²) in [4.78, 5) is 172. The first-order valence-corrected chi connectivity index (χ1v) is 50.9. The number of fused-ring (bicyclic) bond motifs is 7. The number of carbonyl (C=O) groups excluding carboxylic acids is 12. The van der Waals surface area contributed by atoms with E-state index in [1.165, 1.54) is 97.6 Å². The summed E-state index contributed by atoms with van der Waals surface area (Å²) in [5, 5.41) is 9.37.